The van der Waals surface area contributed by atoms with E-state index in [2.05, 4.69) is 51.3 Å². The molecule has 0 bridgehead atoms. The fourth-order valence-electron chi connectivity index (χ4n) is 5.71. The van der Waals surface area contributed by atoms with Crippen LogP contribution < -0.4 is 5.14 Å². The van der Waals surface area contributed by atoms with E-state index in [1.165, 1.54) is 49.7 Å². The number of nitrogens with zero attached hydrogens (tertiary/aromatic N) is 2. The summed E-state index contributed by atoms with van der Waals surface area (Å²) in [5, 5.41) is 6.04. The molecular weight excluding hydrogens is 474 g/mol. The summed E-state index contributed by atoms with van der Waals surface area (Å²) in [7, 11) is -3.54. The van der Waals surface area contributed by atoms with Crippen molar-refractivity contribution in [2.45, 2.75) is 101 Å². The summed E-state index contributed by atoms with van der Waals surface area (Å²) in [6.45, 7) is 12.9. The van der Waals surface area contributed by atoms with Crippen molar-refractivity contribution >= 4 is 22.0 Å². The van der Waals surface area contributed by atoms with Gasteiger partial charge >= 0.3 is 0 Å². The van der Waals surface area contributed by atoms with E-state index < -0.39 is 10.0 Å². The van der Waals surface area contributed by atoms with E-state index in [4.69, 9.17) is 5.14 Å². The van der Waals surface area contributed by atoms with Crippen LogP contribution in [0.3, 0.4) is 0 Å². The first kappa shape index (κ1) is 26.8. The fraction of sp³-hybridized carbons (Fsp3) is 0.643. The normalized spacial score (nSPS) is 19.4. The van der Waals surface area contributed by atoms with Crippen molar-refractivity contribution in [1.29, 1.82) is 0 Å². The Morgan fingerprint density at radius 3 is 2.29 bits per heavy atom. The maximum atomic E-state index is 13.7. The van der Waals surface area contributed by atoms with Crippen LogP contribution >= 0.6 is 11.9 Å². The zero-order valence-electron chi connectivity index (χ0n) is 22.1. The summed E-state index contributed by atoms with van der Waals surface area (Å²) in [5.41, 5.74) is 4.00. The van der Waals surface area contributed by atoms with Crippen LogP contribution in [0.5, 0.6) is 0 Å². The summed E-state index contributed by atoms with van der Waals surface area (Å²) in [5.74, 6) is 1.27. The number of piperidine rings is 1. The first-order valence-electron chi connectivity index (χ1n) is 13.2. The van der Waals surface area contributed by atoms with E-state index in [0.717, 1.165) is 41.1 Å². The Labute approximate surface area is 217 Å². The Balaban J connectivity index is 1.77. The summed E-state index contributed by atoms with van der Waals surface area (Å²) < 4.78 is 31.6. The largest absolute Gasteiger partial charge is 0.343 e. The van der Waals surface area contributed by atoms with Gasteiger partial charge in [0.05, 0.1) is 4.90 Å². The molecule has 0 atom stereocenters. The summed E-state index contributed by atoms with van der Waals surface area (Å²) in [6, 6.07) is 8.17. The van der Waals surface area contributed by atoms with Crippen molar-refractivity contribution in [2.24, 2.45) is 17.0 Å². The SMILES string of the molecule is Cc1c(SN)cc(-c2ccc(S(=O)(=O)N3CCC(C)CC3)c(C(C)(C)C)c2)n1CC1CCCCC1. The quantitative estimate of drug-likeness (QED) is 0.432. The number of hydrogen-bond acceptors (Lipinski definition) is 4. The zero-order chi connectivity index (χ0) is 25.4. The molecule has 4 rings (SSSR count). The van der Waals surface area contributed by atoms with Gasteiger partial charge in [-0.25, -0.2) is 8.42 Å². The Bertz CT molecular complexity index is 1130. The Hall–Kier alpha value is -1.28. The Morgan fingerprint density at radius 2 is 1.69 bits per heavy atom. The molecule has 1 saturated carbocycles. The van der Waals surface area contributed by atoms with Gasteiger partial charge in [0.2, 0.25) is 10.0 Å². The number of aromatic nitrogens is 1. The minimum atomic E-state index is -3.54. The minimum absolute atomic E-state index is 0.303. The van der Waals surface area contributed by atoms with E-state index >= 15 is 0 Å². The summed E-state index contributed by atoms with van der Waals surface area (Å²) >= 11 is 1.30. The molecule has 2 N–H and O–H groups in total. The van der Waals surface area contributed by atoms with Crippen LogP contribution in [0.4, 0.5) is 0 Å². The predicted octanol–water partition coefficient (Wildman–Crippen LogP) is 6.73. The Kier molecular flexibility index (Phi) is 8.11. The molecule has 2 aliphatic rings. The third-order valence-corrected chi connectivity index (χ3v) is 10.7. The second-order valence-electron chi connectivity index (χ2n) is 11.8. The molecule has 1 saturated heterocycles. The average molecular weight is 518 g/mol. The number of benzene rings is 1. The summed E-state index contributed by atoms with van der Waals surface area (Å²) in [6.07, 6.45) is 8.38. The van der Waals surface area contributed by atoms with Gasteiger partial charge in [0.25, 0.3) is 0 Å². The van der Waals surface area contributed by atoms with Crippen molar-refractivity contribution in [3.05, 3.63) is 35.5 Å². The smallest absolute Gasteiger partial charge is 0.243 e. The highest BCUT2D eigenvalue weighted by molar-refractivity contribution is 7.97. The van der Waals surface area contributed by atoms with Crippen LogP contribution in [-0.2, 0) is 22.0 Å². The van der Waals surface area contributed by atoms with Gasteiger partial charge in [0, 0.05) is 35.9 Å². The average Bonchev–Trinajstić information content (AvgIpc) is 3.14. The van der Waals surface area contributed by atoms with Gasteiger partial charge in [0.1, 0.15) is 0 Å². The van der Waals surface area contributed by atoms with Crippen LogP contribution in [0, 0.1) is 18.8 Å². The van der Waals surface area contributed by atoms with Crippen molar-refractivity contribution in [3.63, 3.8) is 0 Å². The maximum absolute atomic E-state index is 13.7. The molecule has 2 fully saturated rings. The van der Waals surface area contributed by atoms with Crippen LogP contribution in [0.1, 0.15) is 83.9 Å². The molecule has 1 aromatic carbocycles. The maximum Gasteiger partial charge on any atom is 0.243 e. The van der Waals surface area contributed by atoms with E-state index in [-0.39, 0.29) is 5.41 Å². The van der Waals surface area contributed by atoms with Gasteiger partial charge in [0.15, 0.2) is 0 Å². The molecule has 0 amide bonds. The summed E-state index contributed by atoms with van der Waals surface area (Å²) in [4.78, 5) is 1.55. The molecule has 0 spiro atoms. The van der Waals surface area contributed by atoms with Gasteiger partial charge in [-0.15, -0.1) is 0 Å². The van der Waals surface area contributed by atoms with Crippen LogP contribution in [0.15, 0.2) is 34.1 Å². The molecule has 2 heterocycles. The highest BCUT2D eigenvalue weighted by Crippen LogP contribution is 2.38. The molecule has 0 radical (unpaired) electrons. The molecule has 1 aromatic heterocycles. The van der Waals surface area contributed by atoms with Gasteiger partial charge in [-0.1, -0.05) is 53.0 Å². The third kappa shape index (κ3) is 5.68. The highest BCUT2D eigenvalue weighted by Gasteiger charge is 2.33. The lowest BCUT2D eigenvalue weighted by Crippen LogP contribution is -2.38. The number of rotatable bonds is 6. The lowest BCUT2D eigenvalue weighted by Gasteiger charge is -2.32. The van der Waals surface area contributed by atoms with Crippen LogP contribution in [0.25, 0.3) is 11.3 Å². The van der Waals surface area contributed by atoms with E-state index in [9.17, 15) is 8.42 Å². The van der Waals surface area contributed by atoms with Crippen molar-refractivity contribution < 1.29 is 8.42 Å². The molecule has 1 aliphatic heterocycles. The monoisotopic (exact) mass is 517 g/mol. The van der Waals surface area contributed by atoms with Crippen molar-refractivity contribution in [2.75, 3.05) is 13.1 Å². The third-order valence-electron chi connectivity index (χ3n) is 8.06. The predicted molar refractivity (Wildman–Crippen MR) is 147 cm³/mol. The number of sulfonamides is 1. The van der Waals surface area contributed by atoms with E-state index in [1.807, 2.05) is 12.1 Å². The second kappa shape index (κ2) is 10.6. The van der Waals surface area contributed by atoms with Gasteiger partial charge < -0.3 is 4.57 Å². The zero-order valence-corrected chi connectivity index (χ0v) is 23.8. The molecule has 194 valence electrons. The van der Waals surface area contributed by atoms with Crippen molar-refractivity contribution in [1.82, 2.24) is 8.87 Å². The molecule has 2 aromatic rings. The second-order valence-corrected chi connectivity index (χ2v) is 14.3. The molecule has 1 aliphatic carbocycles. The van der Waals surface area contributed by atoms with Gasteiger partial charge in [-0.3, -0.25) is 5.14 Å². The number of hydrogen-bond donors (Lipinski definition) is 1. The highest BCUT2D eigenvalue weighted by atomic mass is 32.2. The van der Waals surface area contributed by atoms with Crippen LogP contribution in [-0.4, -0.2) is 30.4 Å². The standard InChI is InChI=1S/C28H43N3O2S2/c1-20-13-15-30(16-14-20)35(32,33)27-12-11-23(17-24(27)28(3,4)5)25-18-26(34-29)21(2)31(25)19-22-9-7-6-8-10-22/h11-12,17-18,20,22H,6-10,13-16,19,29H2,1-5H3. The lowest BCUT2D eigenvalue weighted by molar-refractivity contribution is 0.287. The van der Waals surface area contributed by atoms with Gasteiger partial charge in [-0.2, -0.15) is 4.31 Å². The molecule has 35 heavy (non-hydrogen) atoms. The van der Waals surface area contributed by atoms with Crippen LogP contribution in [0.2, 0.25) is 0 Å². The van der Waals surface area contributed by atoms with Gasteiger partial charge in [-0.05, 0) is 91.1 Å². The molecule has 7 heteroatoms. The fourth-order valence-corrected chi connectivity index (χ4v) is 8.02. The molecule has 5 nitrogen and oxygen atoms in total. The first-order chi connectivity index (χ1) is 16.5. The Morgan fingerprint density at radius 1 is 1.03 bits per heavy atom. The lowest BCUT2D eigenvalue weighted by atomic mass is 9.85. The van der Waals surface area contributed by atoms with E-state index in [0.29, 0.717) is 29.8 Å². The minimum Gasteiger partial charge on any atom is -0.343 e. The molecular formula is C28H43N3O2S2. The number of nitrogens with two attached hydrogens (primary N) is 1. The van der Waals surface area contributed by atoms with E-state index in [1.54, 1.807) is 4.31 Å². The topological polar surface area (TPSA) is 68.3 Å². The van der Waals surface area contributed by atoms with Crippen molar-refractivity contribution in [3.8, 4) is 11.3 Å². The first-order valence-corrected chi connectivity index (χ1v) is 15.6. The molecule has 0 unspecified atom stereocenters.